The topological polar surface area (TPSA) is 68.2 Å². The van der Waals surface area contributed by atoms with Crippen LogP contribution in [0.1, 0.15) is 41.5 Å². The molecule has 0 saturated carbocycles. The van der Waals surface area contributed by atoms with Crippen LogP contribution in [0.3, 0.4) is 0 Å². The minimum atomic E-state index is -0.266. The predicted octanol–water partition coefficient (Wildman–Crippen LogP) is 9.71. The molecule has 0 fully saturated rings. The zero-order valence-electron chi connectivity index (χ0n) is 28.7. The van der Waals surface area contributed by atoms with E-state index >= 15 is 0 Å². The van der Waals surface area contributed by atoms with E-state index in [1.807, 2.05) is 36.4 Å². The molecule has 1 atom stereocenters. The molecule has 50 heavy (non-hydrogen) atoms. The molecule has 0 aliphatic heterocycles. The van der Waals surface area contributed by atoms with Crippen LogP contribution in [-0.4, -0.2) is 43.2 Å². The summed E-state index contributed by atoms with van der Waals surface area (Å²) in [7, 11) is 0. The lowest BCUT2D eigenvalue weighted by atomic mass is 9.81. The van der Waals surface area contributed by atoms with Crippen molar-refractivity contribution in [2.75, 3.05) is 33.0 Å². The van der Waals surface area contributed by atoms with Gasteiger partial charge < -0.3 is 24.4 Å². The molecular weight excluding hydrogens is 620 g/mol. The summed E-state index contributed by atoms with van der Waals surface area (Å²) >= 11 is 0. The molecule has 0 aliphatic rings. The van der Waals surface area contributed by atoms with E-state index in [1.165, 1.54) is 5.56 Å². The first-order valence-electron chi connectivity index (χ1n) is 17.3. The van der Waals surface area contributed by atoms with Crippen LogP contribution in [0.15, 0.2) is 140 Å². The summed E-state index contributed by atoms with van der Waals surface area (Å²) in [5.41, 5.74) is 10.8. The Bertz CT molecular complexity index is 1950. The van der Waals surface area contributed by atoms with Gasteiger partial charge in [-0.2, -0.15) is 0 Å². The van der Waals surface area contributed by atoms with Crippen LogP contribution in [0.2, 0.25) is 0 Å². The Morgan fingerprint density at radius 1 is 0.480 bits per heavy atom. The van der Waals surface area contributed by atoms with Crippen molar-refractivity contribution in [3.8, 4) is 50.6 Å². The largest absolute Gasteiger partial charge is 0.493 e. The Morgan fingerprint density at radius 3 is 1.50 bits per heavy atom. The third-order valence-corrected chi connectivity index (χ3v) is 8.74. The van der Waals surface area contributed by atoms with E-state index in [-0.39, 0.29) is 32.3 Å². The molecule has 0 bridgehead atoms. The van der Waals surface area contributed by atoms with Crippen molar-refractivity contribution in [2.45, 2.75) is 26.2 Å². The lowest BCUT2D eigenvalue weighted by molar-refractivity contribution is 0.200. The quantitative estimate of drug-likeness (QED) is 0.107. The number of hydrogen-bond donors (Lipinski definition) is 2. The van der Waals surface area contributed by atoms with E-state index in [4.69, 9.17) is 14.2 Å². The molecule has 6 aromatic carbocycles. The molecule has 1 unspecified atom stereocenters. The van der Waals surface area contributed by atoms with Gasteiger partial charge >= 0.3 is 0 Å². The van der Waals surface area contributed by atoms with Gasteiger partial charge in [0.1, 0.15) is 30.5 Å². The molecule has 0 saturated heterocycles. The minimum absolute atomic E-state index is 0.0346. The normalized spacial score (nSPS) is 11.6. The maximum Gasteiger partial charge on any atom is 0.123 e. The molecule has 0 radical (unpaired) electrons. The third kappa shape index (κ3) is 8.25. The summed E-state index contributed by atoms with van der Waals surface area (Å²) in [6.07, 6.45) is 0.876. The molecule has 0 heterocycles. The number of aliphatic hydroxyl groups is 2. The molecule has 2 N–H and O–H groups in total. The second-order valence-corrected chi connectivity index (χ2v) is 12.3. The van der Waals surface area contributed by atoms with E-state index in [0.29, 0.717) is 18.1 Å². The van der Waals surface area contributed by atoms with Crippen molar-refractivity contribution in [3.63, 3.8) is 0 Å². The van der Waals surface area contributed by atoms with Crippen molar-refractivity contribution < 1.29 is 24.4 Å². The number of aliphatic hydroxyl groups excluding tert-OH is 2. The first-order chi connectivity index (χ1) is 24.6. The van der Waals surface area contributed by atoms with Gasteiger partial charge in [-0.15, -0.1) is 0 Å². The second-order valence-electron chi connectivity index (χ2n) is 12.3. The van der Waals surface area contributed by atoms with Crippen LogP contribution in [-0.2, 0) is 0 Å². The first kappa shape index (κ1) is 34.5. The average molecular weight is 665 g/mol. The Balaban J connectivity index is 1.55. The van der Waals surface area contributed by atoms with Crippen LogP contribution in [0.25, 0.3) is 33.4 Å². The third-order valence-electron chi connectivity index (χ3n) is 8.74. The lowest BCUT2D eigenvalue weighted by Crippen LogP contribution is -2.11. The van der Waals surface area contributed by atoms with Crippen LogP contribution in [0.4, 0.5) is 0 Å². The SMILES string of the molecule is CCCOc1ccc(-c2ccc(OCCO)cc2)cc1C(c1ccc(-c2ccccc2)cc1)c1cc(-c2ccc(C)cc2)ccc1OCCO. The monoisotopic (exact) mass is 664 g/mol. The van der Waals surface area contributed by atoms with E-state index < -0.39 is 0 Å². The molecule has 5 nitrogen and oxygen atoms in total. The minimum Gasteiger partial charge on any atom is -0.493 e. The molecular formula is C45H44O5. The predicted molar refractivity (Wildman–Crippen MR) is 202 cm³/mol. The Hall–Kier alpha value is -5.36. The van der Waals surface area contributed by atoms with Crippen molar-refractivity contribution in [1.29, 1.82) is 0 Å². The van der Waals surface area contributed by atoms with Gasteiger partial charge in [0.15, 0.2) is 0 Å². The number of rotatable bonds is 15. The molecule has 0 aromatic heterocycles. The number of aryl methyl sites for hydroxylation is 1. The van der Waals surface area contributed by atoms with Gasteiger partial charge in [-0.3, -0.25) is 0 Å². The van der Waals surface area contributed by atoms with Crippen molar-refractivity contribution >= 4 is 0 Å². The maximum atomic E-state index is 9.79. The van der Waals surface area contributed by atoms with Gasteiger partial charge in [-0.25, -0.2) is 0 Å². The summed E-state index contributed by atoms with van der Waals surface area (Å²) in [4.78, 5) is 0. The Labute approximate surface area is 295 Å². The Kier molecular flexibility index (Phi) is 11.6. The van der Waals surface area contributed by atoms with Gasteiger partial charge in [-0.1, -0.05) is 116 Å². The molecule has 6 aromatic rings. The van der Waals surface area contributed by atoms with E-state index in [2.05, 4.69) is 117 Å². The van der Waals surface area contributed by atoms with Gasteiger partial charge in [0.25, 0.3) is 0 Å². The summed E-state index contributed by atoms with van der Waals surface area (Å²) in [6, 6.07) is 48.4. The second kappa shape index (κ2) is 16.8. The first-order valence-corrected chi connectivity index (χ1v) is 17.3. The smallest absolute Gasteiger partial charge is 0.123 e. The maximum absolute atomic E-state index is 9.79. The van der Waals surface area contributed by atoms with Gasteiger partial charge in [-0.05, 0) is 88.7 Å². The van der Waals surface area contributed by atoms with Crippen LogP contribution >= 0.6 is 0 Å². The van der Waals surface area contributed by atoms with Crippen LogP contribution in [0.5, 0.6) is 17.2 Å². The lowest BCUT2D eigenvalue weighted by Gasteiger charge is -2.26. The molecule has 0 spiro atoms. The summed E-state index contributed by atoms with van der Waals surface area (Å²) in [6.45, 7) is 5.10. The van der Waals surface area contributed by atoms with Crippen LogP contribution in [0, 0.1) is 6.92 Å². The fourth-order valence-electron chi connectivity index (χ4n) is 6.22. The number of benzene rings is 6. The van der Waals surface area contributed by atoms with E-state index in [0.717, 1.165) is 62.2 Å². The highest BCUT2D eigenvalue weighted by atomic mass is 16.5. The van der Waals surface area contributed by atoms with Gasteiger partial charge in [0.2, 0.25) is 0 Å². The number of ether oxygens (including phenoxy) is 3. The number of hydrogen-bond acceptors (Lipinski definition) is 5. The highest BCUT2D eigenvalue weighted by molar-refractivity contribution is 5.72. The highest BCUT2D eigenvalue weighted by Crippen LogP contribution is 2.44. The van der Waals surface area contributed by atoms with E-state index in [9.17, 15) is 10.2 Å². The Morgan fingerprint density at radius 2 is 0.940 bits per heavy atom. The van der Waals surface area contributed by atoms with Crippen molar-refractivity contribution in [2.24, 2.45) is 0 Å². The van der Waals surface area contributed by atoms with Gasteiger partial charge in [0.05, 0.1) is 19.8 Å². The molecule has 0 aliphatic carbocycles. The standard InChI is InChI=1S/C45H44O5/c1-3-27-49-43-23-19-39(36-17-21-40(22-18-36)48-28-25-46)31-41(43)45(37-15-13-34(14-16-37)33-7-5-4-6-8-33)42-30-38(20-24-44(42)50-29-26-47)35-11-9-32(2)10-12-35/h4-24,30-31,45-47H,3,25-29H2,1-2H3. The average Bonchev–Trinajstić information content (AvgIpc) is 3.17. The van der Waals surface area contributed by atoms with Crippen molar-refractivity contribution in [1.82, 2.24) is 0 Å². The summed E-state index contributed by atoms with van der Waals surface area (Å²) in [5.74, 6) is 1.97. The fraction of sp³-hybridized carbons (Fsp3) is 0.200. The molecule has 254 valence electrons. The zero-order valence-corrected chi connectivity index (χ0v) is 28.7. The summed E-state index contributed by atoms with van der Waals surface area (Å²) in [5, 5.41) is 19.0. The fourth-order valence-corrected chi connectivity index (χ4v) is 6.22. The molecule has 5 heteroatoms. The molecule has 0 amide bonds. The van der Waals surface area contributed by atoms with E-state index in [1.54, 1.807) is 0 Å². The van der Waals surface area contributed by atoms with Crippen molar-refractivity contribution in [3.05, 3.63) is 162 Å². The molecule has 6 rings (SSSR count). The summed E-state index contributed by atoms with van der Waals surface area (Å²) < 4.78 is 18.4. The zero-order chi connectivity index (χ0) is 34.7. The highest BCUT2D eigenvalue weighted by Gasteiger charge is 2.26. The van der Waals surface area contributed by atoms with Crippen LogP contribution < -0.4 is 14.2 Å². The van der Waals surface area contributed by atoms with Gasteiger partial charge in [0, 0.05) is 17.0 Å².